The lowest BCUT2D eigenvalue weighted by Gasteiger charge is -2.41. The zero-order valence-corrected chi connectivity index (χ0v) is 20.6. The Bertz CT molecular complexity index is 929. The van der Waals surface area contributed by atoms with E-state index in [1.807, 2.05) is 38.1 Å². The summed E-state index contributed by atoms with van der Waals surface area (Å²) in [6.07, 6.45) is 0.403. The van der Waals surface area contributed by atoms with Gasteiger partial charge in [-0.2, -0.15) is 0 Å². The normalized spacial score (nSPS) is 25.9. The fraction of sp³-hybridized carbons (Fsp3) is 0.615. The summed E-state index contributed by atoms with van der Waals surface area (Å²) in [5, 5.41) is 23.5. The Morgan fingerprint density at radius 3 is 2.69 bits per heavy atom. The van der Waals surface area contributed by atoms with Gasteiger partial charge in [-0.05, 0) is 18.1 Å². The van der Waals surface area contributed by atoms with Crippen LogP contribution in [0.2, 0.25) is 0 Å². The first kappa shape index (κ1) is 25.6. The fourth-order valence-corrected chi connectivity index (χ4v) is 5.17. The molecule has 35 heavy (non-hydrogen) atoms. The van der Waals surface area contributed by atoms with E-state index in [-0.39, 0.29) is 30.9 Å². The van der Waals surface area contributed by atoms with Gasteiger partial charge in [-0.25, -0.2) is 0 Å². The molecule has 0 bridgehead atoms. The molecule has 0 spiro atoms. The molecule has 0 saturated carbocycles. The third kappa shape index (κ3) is 5.69. The molecule has 2 heterocycles. The molecule has 1 saturated heterocycles. The van der Waals surface area contributed by atoms with Gasteiger partial charge in [0.2, 0.25) is 11.8 Å². The van der Waals surface area contributed by atoms with Gasteiger partial charge in [0.25, 0.3) is 0 Å². The van der Waals surface area contributed by atoms with E-state index >= 15 is 0 Å². The molecule has 1 aromatic carbocycles. The summed E-state index contributed by atoms with van der Waals surface area (Å²) in [6, 6.07) is 6.77. The van der Waals surface area contributed by atoms with Gasteiger partial charge < -0.3 is 29.9 Å². The predicted molar refractivity (Wildman–Crippen MR) is 130 cm³/mol. The third-order valence-electron chi connectivity index (χ3n) is 6.90. The average Bonchev–Trinajstić information content (AvgIpc) is 3.24. The minimum absolute atomic E-state index is 0.0577. The van der Waals surface area contributed by atoms with E-state index in [1.165, 1.54) is 0 Å². The van der Waals surface area contributed by atoms with Crippen molar-refractivity contribution in [2.75, 3.05) is 52.5 Å². The molecule has 9 nitrogen and oxygen atoms in total. The number of fused-ring (bicyclic) bond motifs is 3. The number of amides is 2. The number of nitrogens with zero attached hydrogens (tertiary/aromatic N) is 2. The number of hydrogen-bond donors (Lipinski definition) is 3. The lowest BCUT2D eigenvalue weighted by molar-refractivity contribution is -0.138. The SMILES string of the molecule is CC(C)CC(=O)N(CCN1CCOCC1)C1C=C(C(=O)NCCO)C2c3ccccc3OC2C1O. The Balaban J connectivity index is 1.66. The van der Waals surface area contributed by atoms with Crippen LogP contribution in [0.15, 0.2) is 35.9 Å². The summed E-state index contributed by atoms with van der Waals surface area (Å²) < 4.78 is 11.6. The van der Waals surface area contributed by atoms with E-state index < -0.39 is 24.2 Å². The van der Waals surface area contributed by atoms with E-state index in [9.17, 15) is 19.8 Å². The van der Waals surface area contributed by atoms with Crippen molar-refractivity contribution in [2.45, 2.75) is 44.4 Å². The Hall–Kier alpha value is -2.46. The minimum Gasteiger partial charge on any atom is -0.486 e. The highest BCUT2D eigenvalue weighted by atomic mass is 16.5. The minimum atomic E-state index is -0.998. The van der Waals surface area contributed by atoms with Crippen molar-refractivity contribution in [3.8, 4) is 5.75 Å². The van der Waals surface area contributed by atoms with E-state index in [0.717, 1.165) is 18.7 Å². The molecule has 1 aromatic rings. The molecule has 3 aliphatic rings. The van der Waals surface area contributed by atoms with Gasteiger partial charge >= 0.3 is 0 Å². The highest BCUT2D eigenvalue weighted by Gasteiger charge is 2.50. The topological polar surface area (TPSA) is 112 Å². The second-order valence-corrected chi connectivity index (χ2v) is 9.82. The molecular formula is C26H37N3O6. The monoisotopic (exact) mass is 487 g/mol. The first-order chi connectivity index (χ1) is 16.9. The summed E-state index contributed by atoms with van der Waals surface area (Å²) in [5.41, 5.74) is 1.30. The van der Waals surface area contributed by atoms with Crippen molar-refractivity contribution in [2.24, 2.45) is 5.92 Å². The van der Waals surface area contributed by atoms with Crippen LogP contribution in [0.25, 0.3) is 0 Å². The Kier molecular flexibility index (Phi) is 8.43. The maximum absolute atomic E-state index is 13.4. The number of carbonyl (C=O) groups excluding carboxylic acids is 2. The molecule has 2 aliphatic heterocycles. The third-order valence-corrected chi connectivity index (χ3v) is 6.90. The van der Waals surface area contributed by atoms with Gasteiger partial charge in [-0.15, -0.1) is 0 Å². The fourth-order valence-electron chi connectivity index (χ4n) is 5.17. The lowest BCUT2D eigenvalue weighted by Crippen LogP contribution is -2.57. The Morgan fingerprint density at radius 2 is 1.97 bits per heavy atom. The van der Waals surface area contributed by atoms with E-state index in [2.05, 4.69) is 10.2 Å². The zero-order chi connectivity index (χ0) is 24.9. The van der Waals surface area contributed by atoms with Crippen molar-refractivity contribution >= 4 is 11.8 Å². The smallest absolute Gasteiger partial charge is 0.247 e. The van der Waals surface area contributed by atoms with Crippen molar-refractivity contribution in [3.05, 3.63) is 41.5 Å². The summed E-state index contributed by atoms with van der Waals surface area (Å²) in [6.45, 7) is 7.94. The molecule has 4 unspecified atom stereocenters. The number of aliphatic hydroxyl groups is 2. The summed E-state index contributed by atoms with van der Waals surface area (Å²) in [4.78, 5) is 30.5. The number of aliphatic hydroxyl groups excluding tert-OH is 2. The van der Waals surface area contributed by atoms with Crippen LogP contribution in [-0.2, 0) is 14.3 Å². The molecule has 9 heteroatoms. The highest BCUT2D eigenvalue weighted by Crippen LogP contribution is 2.47. The summed E-state index contributed by atoms with van der Waals surface area (Å²) in [7, 11) is 0. The number of benzene rings is 1. The van der Waals surface area contributed by atoms with Crippen LogP contribution >= 0.6 is 0 Å². The van der Waals surface area contributed by atoms with Gasteiger partial charge in [-0.1, -0.05) is 32.0 Å². The Labute approximate surface area is 206 Å². The summed E-state index contributed by atoms with van der Waals surface area (Å²) >= 11 is 0. The van der Waals surface area contributed by atoms with Gasteiger partial charge in [-0.3, -0.25) is 14.5 Å². The molecule has 3 N–H and O–H groups in total. The zero-order valence-electron chi connectivity index (χ0n) is 20.6. The largest absolute Gasteiger partial charge is 0.486 e. The number of morpholine rings is 1. The molecule has 192 valence electrons. The number of carbonyl (C=O) groups is 2. The van der Waals surface area contributed by atoms with Gasteiger partial charge in [0, 0.05) is 50.3 Å². The molecule has 1 aliphatic carbocycles. The van der Waals surface area contributed by atoms with E-state index in [0.29, 0.717) is 44.0 Å². The van der Waals surface area contributed by atoms with Crippen molar-refractivity contribution in [1.82, 2.24) is 15.1 Å². The van der Waals surface area contributed by atoms with Crippen LogP contribution in [0.1, 0.15) is 31.7 Å². The quantitative estimate of drug-likeness (QED) is 0.466. The molecule has 4 atom stereocenters. The maximum atomic E-state index is 13.4. The number of para-hydroxylation sites is 1. The molecule has 1 fully saturated rings. The standard InChI is InChI=1S/C26H37N3O6/c1-17(2)15-22(31)29(9-8-28-10-13-34-14-11-28)20-16-19(26(33)27-7-12-30)23-18-5-3-4-6-21(18)35-25(23)24(20)32/h3-6,16-17,20,23-25,30,32H,7-15H2,1-2H3,(H,27,33). The number of rotatable bonds is 9. The van der Waals surface area contributed by atoms with Gasteiger partial charge in [0.05, 0.1) is 31.8 Å². The van der Waals surface area contributed by atoms with Crippen LogP contribution in [0.4, 0.5) is 0 Å². The van der Waals surface area contributed by atoms with Gasteiger partial charge in [0.1, 0.15) is 18.0 Å². The van der Waals surface area contributed by atoms with E-state index in [1.54, 1.807) is 11.0 Å². The molecule has 0 radical (unpaired) electrons. The first-order valence-corrected chi connectivity index (χ1v) is 12.5. The number of ether oxygens (including phenoxy) is 2. The molecule has 2 amide bonds. The first-order valence-electron chi connectivity index (χ1n) is 12.5. The lowest BCUT2D eigenvalue weighted by atomic mass is 9.77. The van der Waals surface area contributed by atoms with Crippen LogP contribution in [0, 0.1) is 5.92 Å². The highest BCUT2D eigenvalue weighted by molar-refractivity contribution is 5.96. The Morgan fingerprint density at radius 1 is 1.23 bits per heavy atom. The van der Waals surface area contributed by atoms with Crippen molar-refractivity contribution < 1.29 is 29.3 Å². The van der Waals surface area contributed by atoms with Crippen LogP contribution in [0.5, 0.6) is 5.75 Å². The maximum Gasteiger partial charge on any atom is 0.247 e. The molecular weight excluding hydrogens is 450 g/mol. The number of nitrogens with one attached hydrogen (secondary N) is 1. The second-order valence-electron chi connectivity index (χ2n) is 9.82. The second kappa shape index (κ2) is 11.5. The van der Waals surface area contributed by atoms with E-state index in [4.69, 9.17) is 9.47 Å². The average molecular weight is 488 g/mol. The van der Waals surface area contributed by atoms with Crippen LogP contribution in [-0.4, -0.2) is 103 Å². The predicted octanol–water partition coefficient (Wildman–Crippen LogP) is 0.516. The van der Waals surface area contributed by atoms with Crippen molar-refractivity contribution in [1.29, 1.82) is 0 Å². The van der Waals surface area contributed by atoms with Crippen LogP contribution in [0.3, 0.4) is 0 Å². The van der Waals surface area contributed by atoms with Gasteiger partial charge in [0.15, 0.2) is 0 Å². The van der Waals surface area contributed by atoms with Crippen molar-refractivity contribution in [3.63, 3.8) is 0 Å². The summed E-state index contributed by atoms with van der Waals surface area (Å²) in [5.74, 6) is -0.0349. The molecule has 4 rings (SSSR count). The number of hydrogen-bond acceptors (Lipinski definition) is 7. The molecule has 0 aromatic heterocycles. The van der Waals surface area contributed by atoms with Crippen LogP contribution < -0.4 is 10.1 Å².